The predicted molar refractivity (Wildman–Crippen MR) is 81.4 cm³/mol. The number of alkyl halides is 6. The van der Waals surface area contributed by atoms with Gasteiger partial charge in [-0.25, -0.2) is 4.39 Å². The Morgan fingerprint density at radius 2 is 1.74 bits per heavy atom. The summed E-state index contributed by atoms with van der Waals surface area (Å²) in [6.45, 7) is -0.786. The molecule has 1 unspecified atom stereocenters. The van der Waals surface area contributed by atoms with Gasteiger partial charge in [-0.3, -0.25) is 0 Å². The second-order valence-electron chi connectivity index (χ2n) is 5.92. The van der Waals surface area contributed by atoms with E-state index in [2.05, 4.69) is 15.0 Å². The molecule has 0 saturated carbocycles. The molecule has 0 saturated heterocycles. The summed E-state index contributed by atoms with van der Waals surface area (Å²) in [4.78, 5) is 10.8. The number of rotatable bonds is 5. The summed E-state index contributed by atoms with van der Waals surface area (Å²) in [5.74, 6) is -2.75. The van der Waals surface area contributed by atoms with Crippen molar-refractivity contribution in [2.75, 3.05) is 17.2 Å². The van der Waals surface area contributed by atoms with Gasteiger partial charge in [0.1, 0.15) is 24.5 Å². The number of nitrogens with one attached hydrogen (secondary N) is 2. The summed E-state index contributed by atoms with van der Waals surface area (Å²) < 4.78 is 89.4. The van der Waals surface area contributed by atoms with E-state index in [0.717, 1.165) is 6.92 Å². The van der Waals surface area contributed by atoms with Crippen LogP contribution in [0.1, 0.15) is 32.0 Å². The Bertz CT molecular complexity index is 704. The van der Waals surface area contributed by atoms with Gasteiger partial charge < -0.3 is 15.7 Å². The van der Waals surface area contributed by atoms with Gasteiger partial charge in [-0.1, -0.05) is 0 Å². The molecule has 0 spiro atoms. The standard InChI is InChI=1S/C14H16F7N5O/c1-6(14(19,20)21)23-12-25-10(7-3-2-4-8(27)9(7)15)24-11(26-12)22-5-13(16,17)18/h6,8,27H,2-5H2,1H3,(H2,22,23,24,25,26)/t6-,8?/m1/s1. The third-order valence-corrected chi connectivity index (χ3v) is 3.67. The van der Waals surface area contributed by atoms with E-state index in [0.29, 0.717) is 6.42 Å². The first kappa shape index (κ1) is 21.1. The van der Waals surface area contributed by atoms with Crippen molar-refractivity contribution in [3.05, 3.63) is 11.7 Å². The molecule has 6 nitrogen and oxygen atoms in total. The predicted octanol–water partition coefficient (Wildman–Crippen LogP) is 3.43. The molecule has 0 aliphatic heterocycles. The van der Waals surface area contributed by atoms with E-state index in [4.69, 9.17) is 0 Å². The number of halogens is 7. The van der Waals surface area contributed by atoms with E-state index in [9.17, 15) is 35.8 Å². The molecule has 3 N–H and O–H groups in total. The van der Waals surface area contributed by atoms with Crippen molar-refractivity contribution in [1.82, 2.24) is 15.0 Å². The third-order valence-electron chi connectivity index (χ3n) is 3.67. The fourth-order valence-electron chi connectivity index (χ4n) is 2.25. The zero-order valence-electron chi connectivity index (χ0n) is 13.9. The normalized spacial score (nSPS) is 19.8. The lowest BCUT2D eigenvalue weighted by molar-refractivity contribution is -0.138. The van der Waals surface area contributed by atoms with Crippen LogP contribution < -0.4 is 10.6 Å². The minimum Gasteiger partial charge on any atom is -0.386 e. The van der Waals surface area contributed by atoms with Crippen LogP contribution in [-0.2, 0) is 0 Å². The molecule has 0 amide bonds. The van der Waals surface area contributed by atoms with Gasteiger partial charge in [0.15, 0.2) is 5.82 Å². The highest BCUT2D eigenvalue weighted by Crippen LogP contribution is 2.32. The lowest BCUT2D eigenvalue weighted by atomic mass is 9.96. The molecule has 2 atom stereocenters. The van der Waals surface area contributed by atoms with Crippen molar-refractivity contribution in [3.8, 4) is 0 Å². The van der Waals surface area contributed by atoms with Crippen LogP contribution in [0.3, 0.4) is 0 Å². The molecule has 2 rings (SSSR count). The highest BCUT2D eigenvalue weighted by molar-refractivity contribution is 5.65. The van der Waals surface area contributed by atoms with Crippen molar-refractivity contribution in [1.29, 1.82) is 0 Å². The van der Waals surface area contributed by atoms with E-state index in [1.807, 2.05) is 10.6 Å². The highest BCUT2D eigenvalue weighted by Gasteiger charge is 2.37. The Morgan fingerprint density at radius 1 is 1.11 bits per heavy atom. The van der Waals surface area contributed by atoms with Gasteiger partial charge in [-0.15, -0.1) is 0 Å². The zero-order chi connectivity index (χ0) is 20.4. The van der Waals surface area contributed by atoms with Gasteiger partial charge in [0, 0.05) is 5.57 Å². The van der Waals surface area contributed by atoms with Crippen LogP contribution in [0, 0.1) is 0 Å². The first-order valence-corrected chi connectivity index (χ1v) is 7.83. The Balaban J connectivity index is 2.40. The summed E-state index contributed by atoms with van der Waals surface area (Å²) in [5, 5.41) is 13.3. The number of aromatic nitrogens is 3. The van der Waals surface area contributed by atoms with Gasteiger partial charge in [-0.2, -0.15) is 41.3 Å². The minimum atomic E-state index is -4.67. The maximum absolute atomic E-state index is 14.1. The van der Waals surface area contributed by atoms with Crippen molar-refractivity contribution in [2.24, 2.45) is 0 Å². The molecule has 0 aromatic carbocycles. The number of anilines is 2. The maximum atomic E-state index is 14.1. The van der Waals surface area contributed by atoms with E-state index in [1.165, 1.54) is 0 Å². The zero-order valence-corrected chi connectivity index (χ0v) is 13.9. The van der Waals surface area contributed by atoms with Gasteiger partial charge in [-0.05, 0) is 26.2 Å². The number of aliphatic hydroxyl groups is 1. The first-order chi connectivity index (χ1) is 12.4. The summed E-state index contributed by atoms with van der Waals surface area (Å²) in [6.07, 6.45) is -10.2. The van der Waals surface area contributed by atoms with Crippen LogP contribution in [0.15, 0.2) is 5.83 Å². The average Bonchev–Trinajstić information content (AvgIpc) is 2.54. The fraction of sp³-hybridized carbons (Fsp3) is 0.643. The van der Waals surface area contributed by atoms with Crippen molar-refractivity contribution >= 4 is 17.5 Å². The van der Waals surface area contributed by atoms with Crippen LogP contribution in [0.4, 0.5) is 42.6 Å². The number of nitrogens with zero attached hydrogens (tertiary/aromatic N) is 3. The molecule has 1 aromatic heterocycles. The molecule has 0 bridgehead atoms. The lowest BCUT2D eigenvalue weighted by Gasteiger charge is -2.21. The van der Waals surface area contributed by atoms with Crippen molar-refractivity contribution in [2.45, 2.75) is 50.7 Å². The van der Waals surface area contributed by atoms with Gasteiger partial charge in [0.2, 0.25) is 11.9 Å². The van der Waals surface area contributed by atoms with Crippen LogP contribution in [-0.4, -0.2) is 51.1 Å². The Hall–Kier alpha value is -2.18. The largest absolute Gasteiger partial charge is 0.408 e. The molecule has 1 aromatic rings. The molecular weight excluding hydrogens is 387 g/mol. The fourth-order valence-corrected chi connectivity index (χ4v) is 2.25. The average molecular weight is 403 g/mol. The minimum absolute atomic E-state index is 0.0693. The second kappa shape index (κ2) is 7.82. The molecule has 1 heterocycles. The topological polar surface area (TPSA) is 83.0 Å². The first-order valence-electron chi connectivity index (χ1n) is 7.83. The molecule has 0 fully saturated rings. The summed E-state index contributed by atoms with van der Waals surface area (Å²) in [7, 11) is 0. The van der Waals surface area contributed by atoms with E-state index < -0.39 is 54.6 Å². The molecular formula is C14H16F7N5O. The molecule has 27 heavy (non-hydrogen) atoms. The second-order valence-corrected chi connectivity index (χ2v) is 5.92. The maximum Gasteiger partial charge on any atom is 0.408 e. The number of hydrogen-bond donors (Lipinski definition) is 3. The summed E-state index contributed by atoms with van der Waals surface area (Å²) in [5.41, 5.74) is -0.186. The molecule has 13 heteroatoms. The molecule has 1 aliphatic carbocycles. The summed E-state index contributed by atoms with van der Waals surface area (Å²) >= 11 is 0. The van der Waals surface area contributed by atoms with E-state index in [1.54, 1.807) is 0 Å². The Morgan fingerprint density at radius 3 is 2.33 bits per heavy atom. The van der Waals surface area contributed by atoms with Crippen LogP contribution in [0.25, 0.3) is 5.57 Å². The van der Waals surface area contributed by atoms with Gasteiger partial charge in [0.25, 0.3) is 0 Å². The van der Waals surface area contributed by atoms with Crippen molar-refractivity contribution < 1.29 is 35.8 Å². The number of aliphatic hydroxyl groups excluding tert-OH is 1. The quantitative estimate of drug-likeness (QED) is 0.654. The van der Waals surface area contributed by atoms with E-state index in [-0.39, 0.29) is 18.4 Å². The molecule has 1 aliphatic rings. The Labute approximate surface area is 148 Å². The SMILES string of the molecule is C[C@@H](Nc1nc(NCC(F)(F)F)nc(C2=C(F)C(O)CCC2)n1)C(F)(F)F. The number of hydrogen-bond acceptors (Lipinski definition) is 6. The number of allylic oxidation sites excluding steroid dienone is 1. The molecule has 152 valence electrons. The Kier molecular flexibility index (Phi) is 6.12. The lowest BCUT2D eigenvalue weighted by Crippen LogP contribution is -2.34. The van der Waals surface area contributed by atoms with Gasteiger partial charge in [0.05, 0.1) is 0 Å². The van der Waals surface area contributed by atoms with Gasteiger partial charge >= 0.3 is 12.4 Å². The third kappa shape index (κ3) is 5.91. The van der Waals surface area contributed by atoms with Crippen LogP contribution >= 0.6 is 0 Å². The highest BCUT2D eigenvalue weighted by atomic mass is 19.4. The van der Waals surface area contributed by atoms with Crippen molar-refractivity contribution in [3.63, 3.8) is 0 Å². The molecule has 0 radical (unpaired) electrons. The summed E-state index contributed by atoms with van der Waals surface area (Å²) in [6, 6.07) is -2.11. The van der Waals surface area contributed by atoms with Crippen LogP contribution in [0.2, 0.25) is 0 Å². The van der Waals surface area contributed by atoms with Crippen LogP contribution in [0.5, 0.6) is 0 Å². The monoisotopic (exact) mass is 403 g/mol. The smallest absolute Gasteiger partial charge is 0.386 e. The van der Waals surface area contributed by atoms with E-state index >= 15 is 0 Å².